The first-order valence-corrected chi connectivity index (χ1v) is 4.25. The first kappa shape index (κ1) is 8.18. The third-order valence-electron chi connectivity index (χ3n) is 1.15. The average molecular weight is 176 g/mol. The van der Waals surface area contributed by atoms with Gasteiger partial charge < -0.3 is 0 Å². The summed E-state index contributed by atoms with van der Waals surface area (Å²) in [5.41, 5.74) is 0. The molecule has 3 N–H and O–H groups in total. The molecule has 0 aromatic carbocycles. The van der Waals surface area contributed by atoms with Crippen molar-refractivity contribution in [3.05, 3.63) is 12.4 Å². The minimum Gasteiger partial charge on any atom is -0.274 e. The van der Waals surface area contributed by atoms with E-state index in [-0.39, 0.29) is 4.90 Å². The van der Waals surface area contributed by atoms with E-state index in [1.54, 1.807) is 11.9 Å². The van der Waals surface area contributed by atoms with Crippen molar-refractivity contribution in [2.75, 3.05) is 0 Å². The SMILES string of the molecule is Cn1cc(S(=O)(=O)NN)cn1. The molecule has 0 saturated carbocycles. The van der Waals surface area contributed by atoms with Gasteiger partial charge in [0.05, 0.1) is 6.20 Å². The molecule has 62 valence electrons. The van der Waals surface area contributed by atoms with Crippen LogP contribution in [0.25, 0.3) is 0 Å². The molecule has 6 nitrogen and oxygen atoms in total. The van der Waals surface area contributed by atoms with Crippen LogP contribution in [0.2, 0.25) is 0 Å². The van der Waals surface area contributed by atoms with Gasteiger partial charge in [0.25, 0.3) is 10.0 Å². The van der Waals surface area contributed by atoms with Gasteiger partial charge in [0.15, 0.2) is 0 Å². The summed E-state index contributed by atoms with van der Waals surface area (Å²) in [5.74, 6) is 4.77. The van der Waals surface area contributed by atoms with Crippen molar-refractivity contribution >= 4 is 10.0 Å². The number of nitrogens with one attached hydrogen (secondary N) is 1. The zero-order valence-electron chi connectivity index (χ0n) is 5.85. The lowest BCUT2D eigenvalue weighted by Gasteiger charge is -1.94. The quantitative estimate of drug-likeness (QED) is 0.427. The highest BCUT2D eigenvalue weighted by Gasteiger charge is 2.12. The van der Waals surface area contributed by atoms with Crippen LogP contribution in [0.1, 0.15) is 0 Å². The fourth-order valence-corrected chi connectivity index (χ4v) is 1.22. The number of aromatic nitrogens is 2. The van der Waals surface area contributed by atoms with Crippen molar-refractivity contribution in [1.29, 1.82) is 0 Å². The Hall–Kier alpha value is -0.920. The maximum atomic E-state index is 10.9. The van der Waals surface area contributed by atoms with Crippen molar-refractivity contribution in [2.45, 2.75) is 4.90 Å². The fourth-order valence-electron chi connectivity index (χ4n) is 0.606. The van der Waals surface area contributed by atoms with Gasteiger partial charge in [0.1, 0.15) is 4.90 Å². The molecule has 0 aliphatic heterocycles. The lowest BCUT2D eigenvalue weighted by molar-refractivity contribution is 0.584. The molecular weight excluding hydrogens is 168 g/mol. The Labute approximate surface area is 64.0 Å². The fraction of sp³-hybridized carbons (Fsp3) is 0.250. The summed E-state index contributed by atoms with van der Waals surface area (Å²) >= 11 is 0. The summed E-state index contributed by atoms with van der Waals surface area (Å²) in [5, 5.41) is 3.67. The van der Waals surface area contributed by atoms with Crippen molar-refractivity contribution in [2.24, 2.45) is 12.9 Å². The molecule has 1 heterocycles. The Balaban J connectivity index is 3.13. The van der Waals surface area contributed by atoms with E-state index in [1.165, 1.54) is 17.1 Å². The zero-order chi connectivity index (χ0) is 8.48. The molecule has 0 aliphatic carbocycles. The smallest absolute Gasteiger partial charge is 0.256 e. The van der Waals surface area contributed by atoms with Crippen LogP contribution in [0.4, 0.5) is 0 Å². The Kier molecular flexibility index (Phi) is 1.94. The van der Waals surface area contributed by atoms with E-state index in [4.69, 9.17) is 5.84 Å². The van der Waals surface area contributed by atoms with Gasteiger partial charge in [-0.25, -0.2) is 8.42 Å². The zero-order valence-corrected chi connectivity index (χ0v) is 6.67. The second-order valence-electron chi connectivity index (χ2n) is 1.97. The van der Waals surface area contributed by atoms with Crippen molar-refractivity contribution in [3.8, 4) is 0 Å². The molecule has 0 bridgehead atoms. The minimum absolute atomic E-state index is 0.0579. The number of nitrogens with two attached hydrogens (primary N) is 1. The second kappa shape index (κ2) is 2.61. The molecule has 1 aromatic heterocycles. The molecule has 0 radical (unpaired) electrons. The maximum absolute atomic E-state index is 10.9. The van der Waals surface area contributed by atoms with Gasteiger partial charge in [-0.1, -0.05) is 0 Å². The normalized spacial score (nSPS) is 11.8. The first-order chi connectivity index (χ1) is 5.06. The molecule has 1 rings (SSSR count). The van der Waals surface area contributed by atoms with Crippen LogP contribution in [0.15, 0.2) is 17.3 Å². The van der Waals surface area contributed by atoms with Crippen LogP contribution in [-0.4, -0.2) is 18.2 Å². The van der Waals surface area contributed by atoms with E-state index >= 15 is 0 Å². The van der Waals surface area contributed by atoms with Gasteiger partial charge in [0.2, 0.25) is 0 Å². The molecule has 0 unspecified atom stereocenters. The summed E-state index contributed by atoms with van der Waals surface area (Å²) in [7, 11) is -1.91. The molecule has 0 saturated heterocycles. The van der Waals surface area contributed by atoms with Crippen molar-refractivity contribution in [1.82, 2.24) is 14.6 Å². The maximum Gasteiger partial charge on any atom is 0.256 e. The van der Waals surface area contributed by atoms with Crippen LogP contribution in [0, 0.1) is 0 Å². The van der Waals surface area contributed by atoms with Crippen LogP contribution in [-0.2, 0) is 17.1 Å². The van der Waals surface area contributed by atoms with Gasteiger partial charge in [-0.3, -0.25) is 10.5 Å². The molecule has 7 heteroatoms. The molecule has 0 fully saturated rings. The van der Waals surface area contributed by atoms with Crippen molar-refractivity contribution in [3.63, 3.8) is 0 Å². The Bertz CT molecular complexity index is 341. The Morgan fingerprint density at radius 3 is 2.73 bits per heavy atom. The van der Waals surface area contributed by atoms with Gasteiger partial charge >= 0.3 is 0 Å². The van der Waals surface area contributed by atoms with Gasteiger partial charge in [0, 0.05) is 13.2 Å². The van der Waals surface area contributed by atoms with E-state index < -0.39 is 10.0 Å². The highest BCUT2D eigenvalue weighted by atomic mass is 32.2. The number of sulfonamides is 1. The molecule has 0 atom stereocenters. The van der Waals surface area contributed by atoms with Crippen LogP contribution < -0.4 is 10.7 Å². The number of aryl methyl sites for hydroxylation is 1. The number of hydrogen-bond acceptors (Lipinski definition) is 4. The standard InChI is InChI=1S/C4H8N4O2S/c1-8-3-4(2-6-8)11(9,10)7-5/h2-3,7H,5H2,1H3. The predicted molar refractivity (Wildman–Crippen MR) is 37.7 cm³/mol. The van der Waals surface area contributed by atoms with Crippen LogP contribution in [0.5, 0.6) is 0 Å². The summed E-state index contributed by atoms with van der Waals surface area (Å²) < 4.78 is 23.2. The monoisotopic (exact) mass is 176 g/mol. The minimum atomic E-state index is -3.53. The highest BCUT2D eigenvalue weighted by molar-refractivity contribution is 7.89. The molecule has 0 aliphatic rings. The molecule has 1 aromatic rings. The second-order valence-corrected chi connectivity index (χ2v) is 3.68. The summed E-state index contributed by atoms with van der Waals surface area (Å²) in [6.45, 7) is 0. The molecule has 0 amide bonds. The summed E-state index contributed by atoms with van der Waals surface area (Å²) in [4.78, 5) is 1.75. The third-order valence-corrected chi connectivity index (χ3v) is 2.29. The lowest BCUT2D eigenvalue weighted by atomic mass is 10.7. The molecule has 11 heavy (non-hydrogen) atoms. The van der Waals surface area contributed by atoms with Gasteiger partial charge in [-0.2, -0.15) is 5.10 Å². The van der Waals surface area contributed by atoms with E-state index in [2.05, 4.69) is 5.10 Å². The molecular formula is C4H8N4O2S. The van der Waals surface area contributed by atoms with Crippen LogP contribution in [0.3, 0.4) is 0 Å². The van der Waals surface area contributed by atoms with E-state index in [9.17, 15) is 8.42 Å². The van der Waals surface area contributed by atoms with Crippen LogP contribution >= 0.6 is 0 Å². The Morgan fingerprint density at radius 2 is 2.36 bits per heavy atom. The van der Waals surface area contributed by atoms with Gasteiger partial charge in [-0.05, 0) is 0 Å². The third kappa shape index (κ3) is 1.56. The summed E-state index contributed by atoms with van der Waals surface area (Å²) in [6.07, 6.45) is 2.57. The number of hydrogen-bond donors (Lipinski definition) is 2. The van der Waals surface area contributed by atoms with Gasteiger partial charge in [-0.15, -0.1) is 4.83 Å². The number of nitrogens with zero attached hydrogens (tertiary/aromatic N) is 2. The average Bonchev–Trinajstić information content (AvgIpc) is 2.36. The Morgan fingerprint density at radius 1 is 1.73 bits per heavy atom. The van der Waals surface area contributed by atoms with E-state index in [0.717, 1.165) is 0 Å². The van der Waals surface area contributed by atoms with E-state index in [0.29, 0.717) is 0 Å². The lowest BCUT2D eigenvalue weighted by Crippen LogP contribution is -2.29. The topological polar surface area (TPSA) is 90.0 Å². The number of hydrazine groups is 1. The largest absolute Gasteiger partial charge is 0.274 e. The first-order valence-electron chi connectivity index (χ1n) is 2.77. The summed E-state index contributed by atoms with van der Waals surface area (Å²) in [6, 6.07) is 0. The van der Waals surface area contributed by atoms with E-state index in [1.807, 2.05) is 0 Å². The molecule has 0 spiro atoms. The number of rotatable bonds is 2. The highest BCUT2D eigenvalue weighted by Crippen LogP contribution is 2.03. The predicted octanol–water partition coefficient (Wildman–Crippen LogP) is -1.43. The van der Waals surface area contributed by atoms with Crippen molar-refractivity contribution < 1.29 is 8.42 Å².